The van der Waals surface area contributed by atoms with Crippen molar-refractivity contribution >= 4 is 17.5 Å². The zero-order chi connectivity index (χ0) is 30.8. The van der Waals surface area contributed by atoms with Crippen LogP contribution in [0.5, 0.6) is 0 Å². The molecule has 1 saturated carbocycles. The second-order valence-corrected chi connectivity index (χ2v) is 11.7. The minimum absolute atomic E-state index is 0.0558. The first-order valence-corrected chi connectivity index (χ1v) is 15.2. The second-order valence-electron chi connectivity index (χ2n) is 11.7. The van der Waals surface area contributed by atoms with Crippen LogP contribution in [0.15, 0.2) is 63.6 Å². The number of benzene rings is 1. The molecule has 2 amide bonds. The zero-order valence-electron chi connectivity index (χ0n) is 24.8. The summed E-state index contributed by atoms with van der Waals surface area (Å²) in [4.78, 5) is 36.8. The Bertz CT molecular complexity index is 1390. The van der Waals surface area contributed by atoms with E-state index >= 15 is 0 Å². The van der Waals surface area contributed by atoms with Gasteiger partial charge in [-0.3, -0.25) is 19.5 Å². The summed E-state index contributed by atoms with van der Waals surface area (Å²) in [5.74, 6) is 0.300. The van der Waals surface area contributed by atoms with Crippen LogP contribution in [0.2, 0.25) is 0 Å². The van der Waals surface area contributed by atoms with Gasteiger partial charge >= 0.3 is 6.61 Å². The number of rotatable bonds is 7. The minimum Gasteiger partial charge on any atom is -0.493 e. The van der Waals surface area contributed by atoms with E-state index in [4.69, 9.17) is 19.2 Å². The number of aliphatic imine (C=N–C) groups is 1. The molecule has 3 heterocycles. The first-order valence-electron chi connectivity index (χ1n) is 15.2. The van der Waals surface area contributed by atoms with Gasteiger partial charge in [0.25, 0.3) is 5.91 Å². The lowest BCUT2D eigenvalue weighted by molar-refractivity contribution is -0.136. The Kier molecular flexibility index (Phi) is 9.11. The first kappa shape index (κ1) is 30.4. The number of dihydropyridines is 1. The number of amides is 2. The summed E-state index contributed by atoms with van der Waals surface area (Å²) in [5, 5.41) is 10.4. The first-order chi connectivity index (χ1) is 21.3. The van der Waals surface area contributed by atoms with Crippen molar-refractivity contribution in [3.05, 3.63) is 69.7 Å². The van der Waals surface area contributed by atoms with Crippen LogP contribution < -0.4 is 0 Å². The molecule has 0 spiro atoms. The van der Waals surface area contributed by atoms with Crippen LogP contribution in [0.25, 0.3) is 0 Å². The largest absolute Gasteiger partial charge is 0.493 e. The molecule has 1 aromatic carbocycles. The molecule has 0 bridgehead atoms. The Morgan fingerprint density at radius 3 is 2.45 bits per heavy atom. The summed E-state index contributed by atoms with van der Waals surface area (Å²) in [5.41, 5.74) is 4.60. The summed E-state index contributed by atoms with van der Waals surface area (Å²) < 4.78 is 42.0. The summed E-state index contributed by atoms with van der Waals surface area (Å²) >= 11 is 0. The maximum absolute atomic E-state index is 13.4. The molecule has 10 nitrogen and oxygen atoms in total. The maximum atomic E-state index is 13.4. The van der Waals surface area contributed by atoms with E-state index in [-0.39, 0.29) is 35.8 Å². The lowest BCUT2D eigenvalue weighted by Gasteiger charge is -2.36. The number of allylic oxidation sites excluding steroid dienone is 3. The fourth-order valence-corrected chi connectivity index (χ4v) is 6.62. The fraction of sp³-hybridized carbons (Fsp3) is 0.531. The van der Waals surface area contributed by atoms with Gasteiger partial charge in [0.05, 0.1) is 44.7 Å². The van der Waals surface area contributed by atoms with Gasteiger partial charge in [-0.25, -0.2) is 0 Å². The highest BCUT2D eigenvalue weighted by Crippen LogP contribution is 2.43. The number of carbonyl (C=O) groups excluding carboxylic acids is 2. The summed E-state index contributed by atoms with van der Waals surface area (Å²) in [6, 6.07) is 7.15. The van der Waals surface area contributed by atoms with Crippen LogP contribution in [0.1, 0.15) is 41.6 Å². The molecule has 1 aromatic rings. The highest BCUT2D eigenvalue weighted by Gasteiger charge is 2.37. The number of methoxy groups -OCH3 is 1. The van der Waals surface area contributed by atoms with E-state index in [2.05, 4.69) is 4.90 Å². The number of ether oxygens (including phenoxy) is 3. The molecule has 12 heteroatoms. The van der Waals surface area contributed by atoms with Gasteiger partial charge in [-0.05, 0) is 48.6 Å². The Labute approximate surface area is 255 Å². The molecule has 2 aliphatic carbocycles. The number of hydrogen-bond donors (Lipinski definition) is 1. The average Bonchev–Trinajstić information content (AvgIpc) is 3.04. The van der Waals surface area contributed by atoms with Gasteiger partial charge in [-0.15, -0.1) is 0 Å². The van der Waals surface area contributed by atoms with Crippen LogP contribution in [0, 0.1) is 0 Å². The molecule has 236 valence electrons. The number of fused-ring (bicyclic) bond motifs is 2. The normalized spacial score (nSPS) is 24.5. The second kappa shape index (κ2) is 13.2. The van der Waals surface area contributed by atoms with Crippen molar-refractivity contribution in [2.24, 2.45) is 4.99 Å². The summed E-state index contributed by atoms with van der Waals surface area (Å²) in [6.45, 7) is 2.10. The van der Waals surface area contributed by atoms with Crippen LogP contribution >= 0.6 is 0 Å². The van der Waals surface area contributed by atoms with E-state index < -0.39 is 12.7 Å². The van der Waals surface area contributed by atoms with Crippen molar-refractivity contribution in [3.63, 3.8) is 0 Å². The molecule has 2 atom stereocenters. The quantitative estimate of drug-likeness (QED) is 0.505. The van der Waals surface area contributed by atoms with Gasteiger partial charge < -0.3 is 29.1 Å². The molecule has 0 aromatic heterocycles. The molecular weight excluding hydrogens is 574 g/mol. The van der Waals surface area contributed by atoms with Crippen LogP contribution in [0.3, 0.4) is 0 Å². The average molecular weight is 613 g/mol. The van der Waals surface area contributed by atoms with Crippen molar-refractivity contribution in [2.45, 2.75) is 44.4 Å². The Morgan fingerprint density at radius 1 is 1.05 bits per heavy atom. The summed E-state index contributed by atoms with van der Waals surface area (Å²) in [7, 11) is 1.41. The molecule has 44 heavy (non-hydrogen) atoms. The van der Waals surface area contributed by atoms with Crippen LogP contribution in [-0.2, 0) is 19.0 Å². The molecule has 5 aliphatic rings. The number of morpholine rings is 1. The minimum atomic E-state index is -2.98. The Morgan fingerprint density at radius 2 is 1.77 bits per heavy atom. The highest BCUT2D eigenvalue weighted by atomic mass is 19.3. The van der Waals surface area contributed by atoms with Crippen molar-refractivity contribution < 1.29 is 37.7 Å². The number of piperazine rings is 1. The molecule has 6 rings (SSSR count). The number of carbonyl (C=O) groups is 2. The number of aliphatic hydroxyl groups excluding tert-OH is 1. The molecule has 3 aliphatic heterocycles. The predicted octanol–water partition coefficient (Wildman–Crippen LogP) is 2.74. The topological polar surface area (TPSA) is 104 Å². The molecular formula is C32H38F2N4O6. The van der Waals surface area contributed by atoms with Crippen molar-refractivity contribution in [2.75, 3.05) is 66.1 Å². The Hall–Kier alpha value is -3.61. The predicted molar refractivity (Wildman–Crippen MR) is 157 cm³/mol. The molecule has 2 saturated heterocycles. The van der Waals surface area contributed by atoms with E-state index in [9.17, 15) is 23.5 Å². The zero-order valence-corrected chi connectivity index (χ0v) is 24.8. The van der Waals surface area contributed by atoms with Crippen molar-refractivity contribution in [1.82, 2.24) is 14.7 Å². The van der Waals surface area contributed by atoms with E-state index in [0.29, 0.717) is 89.6 Å². The van der Waals surface area contributed by atoms with Crippen LogP contribution in [-0.4, -0.2) is 122 Å². The third kappa shape index (κ3) is 6.43. The Balaban J connectivity index is 1.16. The van der Waals surface area contributed by atoms with E-state index in [1.165, 1.54) is 7.11 Å². The van der Waals surface area contributed by atoms with Gasteiger partial charge in [-0.2, -0.15) is 8.78 Å². The van der Waals surface area contributed by atoms with Gasteiger partial charge in [0.2, 0.25) is 5.91 Å². The standard InChI is InChI=1S/C32H38F2N4O6/c1-42-27-18-25-23(17-28(27)44-32(33)34)24-16-22(39)6-7-26(24)35-30(25)20-2-4-21(5-3-20)31(41)38-10-8-36(9-11-38)19-29(40)37-12-14-43-15-13-37/h2-5,18,22,26,32,39H,6-17,19H2,1H3. The van der Waals surface area contributed by atoms with Gasteiger partial charge in [-0.1, -0.05) is 12.1 Å². The summed E-state index contributed by atoms with van der Waals surface area (Å²) in [6.07, 6.45) is 3.00. The molecule has 3 fully saturated rings. The SMILES string of the molecule is COC1=C(OC(F)F)CC2=C3CC(O)CCC3N=C(c3ccc(C(=O)N4CCN(CC(=O)N5CCOCC5)CC4)cc3)C2=C1. The number of nitrogens with zero attached hydrogens (tertiary/aromatic N) is 4. The van der Waals surface area contributed by atoms with Crippen molar-refractivity contribution in [1.29, 1.82) is 0 Å². The monoisotopic (exact) mass is 612 g/mol. The third-order valence-electron chi connectivity index (χ3n) is 9.01. The van der Waals surface area contributed by atoms with E-state index in [1.807, 2.05) is 21.9 Å². The lowest BCUT2D eigenvalue weighted by Crippen LogP contribution is -2.52. The van der Waals surface area contributed by atoms with Gasteiger partial charge in [0.1, 0.15) is 5.76 Å². The highest BCUT2D eigenvalue weighted by molar-refractivity contribution is 6.17. The number of halogens is 2. The smallest absolute Gasteiger partial charge is 0.387 e. The number of alkyl halides is 2. The molecule has 2 unspecified atom stereocenters. The van der Waals surface area contributed by atoms with E-state index in [1.54, 1.807) is 18.2 Å². The lowest BCUT2D eigenvalue weighted by atomic mass is 9.76. The van der Waals surface area contributed by atoms with E-state index in [0.717, 1.165) is 22.3 Å². The number of hydrogen-bond acceptors (Lipinski definition) is 8. The fourth-order valence-electron chi connectivity index (χ4n) is 6.62. The maximum Gasteiger partial charge on any atom is 0.387 e. The number of aliphatic hydroxyl groups is 1. The van der Waals surface area contributed by atoms with Crippen molar-refractivity contribution in [3.8, 4) is 0 Å². The molecule has 1 N–H and O–H groups in total. The third-order valence-corrected chi connectivity index (χ3v) is 9.01. The van der Waals surface area contributed by atoms with Gasteiger partial charge in [0.15, 0.2) is 5.76 Å². The molecule has 0 radical (unpaired) electrons. The van der Waals surface area contributed by atoms with Crippen LogP contribution in [0.4, 0.5) is 8.78 Å². The van der Waals surface area contributed by atoms with Gasteiger partial charge in [0, 0.05) is 62.4 Å².